The molecule has 2 aromatic carbocycles. The number of hydrogen-bond donors (Lipinski definition) is 4. The molecule has 0 spiro atoms. The van der Waals surface area contributed by atoms with Crippen LogP contribution in [-0.2, 0) is 11.3 Å². The largest absolute Gasteiger partial charge is 0.358 e. The molecule has 3 aliphatic heterocycles. The fraction of sp³-hybridized carbons (Fsp3) is 0.400. The smallest absolute Gasteiger partial charge is 0.256 e. The summed E-state index contributed by atoms with van der Waals surface area (Å²) in [5, 5.41) is 8.94. The van der Waals surface area contributed by atoms with Crippen LogP contribution in [0.15, 0.2) is 42.5 Å². The molecule has 236 valence electrons. The first-order valence-electron chi connectivity index (χ1n) is 15.9. The van der Waals surface area contributed by atoms with E-state index in [1.807, 2.05) is 44.2 Å². The Balaban J connectivity index is 1.10. The number of aromatic nitrogens is 1. The number of carbonyl (C=O) groups is 3. The molecular formula is C35H43N7O3. The SMILES string of the molecule is Cc1[nH]c(/C=C2\C(=O)Nc3cc(NC(=O)c4ccc(CN5CCN(C)CC5)cc4)ccc32)c(C)c1C(=O)NCCN1CCCC1. The first-order valence-corrected chi connectivity index (χ1v) is 15.9. The summed E-state index contributed by atoms with van der Waals surface area (Å²) in [5.41, 5.74) is 7.16. The molecule has 3 amide bonds. The van der Waals surface area contributed by atoms with E-state index in [4.69, 9.17) is 0 Å². The molecule has 1 aromatic heterocycles. The van der Waals surface area contributed by atoms with Gasteiger partial charge in [-0.15, -0.1) is 0 Å². The van der Waals surface area contributed by atoms with Crippen LogP contribution in [0.1, 0.15) is 61.6 Å². The Morgan fingerprint density at radius 3 is 2.38 bits per heavy atom. The van der Waals surface area contributed by atoms with E-state index in [0.717, 1.165) is 74.9 Å². The summed E-state index contributed by atoms with van der Waals surface area (Å²) in [7, 11) is 2.15. The number of hydrogen-bond acceptors (Lipinski definition) is 6. The van der Waals surface area contributed by atoms with Crippen LogP contribution in [0, 0.1) is 13.8 Å². The van der Waals surface area contributed by atoms with Gasteiger partial charge in [0, 0.05) is 74.0 Å². The second-order valence-electron chi connectivity index (χ2n) is 12.5. The van der Waals surface area contributed by atoms with Crippen LogP contribution in [0.4, 0.5) is 11.4 Å². The summed E-state index contributed by atoms with van der Waals surface area (Å²) < 4.78 is 0. The van der Waals surface area contributed by atoms with Crippen LogP contribution < -0.4 is 16.0 Å². The Bertz CT molecular complexity index is 1610. The lowest BCUT2D eigenvalue weighted by molar-refractivity contribution is -0.110. The summed E-state index contributed by atoms with van der Waals surface area (Å²) in [4.78, 5) is 49.5. The van der Waals surface area contributed by atoms with E-state index in [2.05, 4.69) is 42.7 Å². The molecule has 4 heterocycles. The number of likely N-dealkylation sites (tertiary alicyclic amines) is 1. The van der Waals surface area contributed by atoms with Gasteiger partial charge in [0.15, 0.2) is 0 Å². The highest BCUT2D eigenvalue weighted by molar-refractivity contribution is 6.35. The maximum atomic E-state index is 13.0. The van der Waals surface area contributed by atoms with Crippen LogP contribution in [0.25, 0.3) is 11.6 Å². The van der Waals surface area contributed by atoms with Gasteiger partial charge in [-0.2, -0.15) is 0 Å². The Morgan fingerprint density at radius 2 is 1.64 bits per heavy atom. The topological polar surface area (TPSA) is 113 Å². The van der Waals surface area contributed by atoms with Gasteiger partial charge < -0.3 is 30.7 Å². The summed E-state index contributed by atoms with van der Waals surface area (Å²) in [6, 6.07) is 13.2. The quantitative estimate of drug-likeness (QED) is 0.274. The summed E-state index contributed by atoms with van der Waals surface area (Å²) >= 11 is 0. The number of rotatable bonds is 9. The standard InChI is InChI=1S/C35H43N7O3/c1-23-30(37-24(2)32(23)35(45)36-12-15-41-13-4-5-14-41)21-29-28-11-10-27(20-31(28)39-34(29)44)38-33(43)26-8-6-25(7-9-26)22-42-18-16-40(3)17-19-42/h6-11,20-21,37H,4-5,12-19,22H2,1-3H3,(H,36,45)(H,38,43)(H,39,44)/b29-21-. The van der Waals surface area contributed by atoms with Crippen molar-refractivity contribution >= 4 is 40.7 Å². The lowest BCUT2D eigenvalue weighted by Gasteiger charge is -2.32. The number of benzene rings is 2. The number of H-pyrrole nitrogens is 1. The number of piperazine rings is 1. The Hall–Kier alpha value is -4.25. The van der Waals surface area contributed by atoms with E-state index in [1.54, 1.807) is 18.2 Å². The molecule has 4 N–H and O–H groups in total. The number of aromatic amines is 1. The number of nitrogens with zero attached hydrogens (tertiary/aromatic N) is 3. The van der Waals surface area contributed by atoms with Gasteiger partial charge >= 0.3 is 0 Å². The summed E-state index contributed by atoms with van der Waals surface area (Å²) in [6.45, 7) is 12.6. The number of amides is 3. The molecule has 6 rings (SSSR count). The number of anilines is 2. The van der Waals surface area contributed by atoms with Gasteiger partial charge in [-0.05, 0) is 88.3 Å². The predicted octanol–water partition coefficient (Wildman–Crippen LogP) is 3.95. The third-order valence-electron chi connectivity index (χ3n) is 9.18. The van der Waals surface area contributed by atoms with Crippen molar-refractivity contribution in [1.29, 1.82) is 0 Å². The van der Waals surface area contributed by atoms with E-state index >= 15 is 0 Å². The molecule has 3 aromatic rings. The molecule has 2 fully saturated rings. The van der Waals surface area contributed by atoms with Gasteiger partial charge in [0.2, 0.25) is 0 Å². The molecule has 0 aliphatic carbocycles. The third kappa shape index (κ3) is 7.03. The van der Waals surface area contributed by atoms with Crippen LogP contribution in [-0.4, -0.2) is 96.8 Å². The molecule has 10 heteroatoms. The highest BCUT2D eigenvalue weighted by Gasteiger charge is 2.26. The number of aryl methyl sites for hydroxylation is 1. The average Bonchev–Trinajstić information content (AvgIpc) is 3.72. The van der Waals surface area contributed by atoms with Gasteiger partial charge in [0.25, 0.3) is 17.7 Å². The maximum absolute atomic E-state index is 13.0. The highest BCUT2D eigenvalue weighted by atomic mass is 16.2. The predicted molar refractivity (Wildman–Crippen MR) is 178 cm³/mol. The first kappa shape index (κ1) is 30.8. The van der Waals surface area contributed by atoms with Crippen molar-refractivity contribution in [3.8, 4) is 0 Å². The Labute approximate surface area is 264 Å². The van der Waals surface area contributed by atoms with Crippen LogP contribution in [0.5, 0.6) is 0 Å². The summed E-state index contributed by atoms with van der Waals surface area (Å²) in [6.07, 6.45) is 4.24. The minimum Gasteiger partial charge on any atom is -0.358 e. The van der Waals surface area contributed by atoms with Gasteiger partial charge in [-0.1, -0.05) is 18.2 Å². The average molecular weight is 610 g/mol. The molecule has 0 atom stereocenters. The van der Waals surface area contributed by atoms with E-state index in [-0.39, 0.29) is 17.7 Å². The second-order valence-corrected chi connectivity index (χ2v) is 12.5. The summed E-state index contributed by atoms with van der Waals surface area (Å²) in [5.74, 6) is -0.538. The van der Waals surface area contributed by atoms with Crippen molar-refractivity contribution in [2.24, 2.45) is 0 Å². The van der Waals surface area contributed by atoms with Crippen LogP contribution in [0.3, 0.4) is 0 Å². The lowest BCUT2D eigenvalue weighted by atomic mass is 10.0. The van der Waals surface area contributed by atoms with Crippen molar-refractivity contribution in [1.82, 2.24) is 25.0 Å². The maximum Gasteiger partial charge on any atom is 0.256 e. The van der Waals surface area contributed by atoms with Gasteiger partial charge in [-0.3, -0.25) is 19.3 Å². The van der Waals surface area contributed by atoms with Crippen molar-refractivity contribution in [2.45, 2.75) is 33.2 Å². The molecule has 0 bridgehead atoms. The van der Waals surface area contributed by atoms with Gasteiger partial charge in [-0.25, -0.2) is 0 Å². The fourth-order valence-corrected chi connectivity index (χ4v) is 6.47. The second kappa shape index (κ2) is 13.4. The molecule has 2 saturated heterocycles. The Morgan fingerprint density at radius 1 is 0.911 bits per heavy atom. The van der Waals surface area contributed by atoms with Gasteiger partial charge in [0.05, 0.1) is 16.8 Å². The van der Waals surface area contributed by atoms with Crippen molar-refractivity contribution in [3.63, 3.8) is 0 Å². The Kier molecular flexibility index (Phi) is 9.16. The third-order valence-corrected chi connectivity index (χ3v) is 9.18. The zero-order valence-corrected chi connectivity index (χ0v) is 26.5. The van der Waals surface area contributed by atoms with Crippen molar-refractivity contribution < 1.29 is 14.4 Å². The first-order chi connectivity index (χ1) is 21.7. The van der Waals surface area contributed by atoms with Crippen LogP contribution in [0.2, 0.25) is 0 Å². The van der Waals surface area contributed by atoms with Crippen molar-refractivity contribution in [3.05, 3.63) is 81.7 Å². The fourth-order valence-electron chi connectivity index (χ4n) is 6.47. The normalized spacial score (nSPS) is 18.3. The number of fused-ring (bicyclic) bond motifs is 1. The number of nitrogens with one attached hydrogen (secondary N) is 4. The van der Waals surface area contributed by atoms with E-state index in [1.165, 1.54) is 18.4 Å². The highest BCUT2D eigenvalue weighted by Crippen LogP contribution is 2.36. The van der Waals surface area contributed by atoms with Crippen LogP contribution >= 0.6 is 0 Å². The monoisotopic (exact) mass is 609 g/mol. The minimum absolute atomic E-state index is 0.105. The molecular weight excluding hydrogens is 566 g/mol. The minimum atomic E-state index is -0.229. The van der Waals surface area contributed by atoms with E-state index in [0.29, 0.717) is 34.6 Å². The van der Waals surface area contributed by atoms with Crippen molar-refractivity contribution in [2.75, 3.05) is 70.0 Å². The van der Waals surface area contributed by atoms with E-state index < -0.39 is 0 Å². The number of carbonyl (C=O) groups excluding carboxylic acids is 3. The molecule has 3 aliphatic rings. The molecule has 0 unspecified atom stereocenters. The molecule has 45 heavy (non-hydrogen) atoms. The number of likely N-dealkylation sites (N-methyl/N-ethyl adjacent to an activating group) is 1. The zero-order chi connectivity index (χ0) is 31.5. The molecule has 0 radical (unpaired) electrons. The lowest BCUT2D eigenvalue weighted by Crippen LogP contribution is -2.43. The molecule has 10 nitrogen and oxygen atoms in total. The van der Waals surface area contributed by atoms with Gasteiger partial charge in [0.1, 0.15) is 0 Å². The van der Waals surface area contributed by atoms with E-state index in [9.17, 15) is 14.4 Å². The molecule has 0 saturated carbocycles. The zero-order valence-electron chi connectivity index (χ0n) is 26.5.